The molecular weight excluding hydrogens is 368 g/mol. The van der Waals surface area contributed by atoms with Crippen LogP contribution < -0.4 is 10.6 Å². The van der Waals surface area contributed by atoms with E-state index in [-0.39, 0.29) is 18.1 Å². The van der Waals surface area contributed by atoms with E-state index >= 15 is 0 Å². The topological polar surface area (TPSA) is 84.5 Å². The second-order valence-corrected chi connectivity index (χ2v) is 7.19. The predicted octanol–water partition coefficient (Wildman–Crippen LogP) is 3.58. The van der Waals surface area contributed by atoms with E-state index in [0.29, 0.717) is 12.2 Å². The van der Waals surface area contributed by atoms with Crippen LogP contribution in [-0.2, 0) is 20.7 Å². The summed E-state index contributed by atoms with van der Waals surface area (Å²) in [5.74, 6) is -1.38. The van der Waals surface area contributed by atoms with Crippen LogP contribution in [-0.4, -0.2) is 30.9 Å². The first-order valence-electron chi connectivity index (χ1n) is 9.76. The number of hydrogen-bond acceptors (Lipinski definition) is 4. The fourth-order valence-electron chi connectivity index (χ4n) is 2.72. The van der Waals surface area contributed by atoms with Crippen molar-refractivity contribution < 1.29 is 19.1 Å². The molecule has 0 saturated heterocycles. The van der Waals surface area contributed by atoms with Gasteiger partial charge in [0.25, 0.3) is 0 Å². The lowest BCUT2D eigenvalue weighted by Crippen LogP contribution is -2.45. The number of aryl methyl sites for hydroxylation is 1. The van der Waals surface area contributed by atoms with E-state index in [1.165, 1.54) is 5.56 Å². The van der Waals surface area contributed by atoms with Gasteiger partial charge in [0.15, 0.2) is 0 Å². The molecule has 2 aromatic carbocycles. The number of amides is 2. The van der Waals surface area contributed by atoms with E-state index in [1.807, 2.05) is 30.3 Å². The van der Waals surface area contributed by atoms with Gasteiger partial charge in [0, 0.05) is 6.54 Å². The zero-order valence-electron chi connectivity index (χ0n) is 17.2. The van der Waals surface area contributed by atoms with Crippen molar-refractivity contribution in [1.82, 2.24) is 5.32 Å². The van der Waals surface area contributed by atoms with Gasteiger partial charge in [-0.25, -0.2) is 4.79 Å². The summed E-state index contributed by atoms with van der Waals surface area (Å²) in [6, 6.07) is 16.6. The number of hydrogen-bond donors (Lipinski definition) is 2. The lowest BCUT2D eigenvalue weighted by Gasteiger charge is -2.23. The molecule has 0 saturated carbocycles. The van der Waals surface area contributed by atoms with E-state index in [4.69, 9.17) is 4.74 Å². The Kier molecular flexibility index (Phi) is 7.95. The average Bonchev–Trinajstić information content (AvgIpc) is 2.72. The van der Waals surface area contributed by atoms with Crippen LogP contribution in [0.1, 0.15) is 43.1 Å². The fraction of sp³-hybridized carbons (Fsp3) is 0.348. The van der Waals surface area contributed by atoms with Gasteiger partial charge in [-0.2, -0.15) is 0 Å². The van der Waals surface area contributed by atoms with E-state index in [0.717, 1.165) is 12.8 Å². The summed E-state index contributed by atoms with van der Waals surface area (Å²) in [5.41, 5.74) is 0.478. The van der Waals surface area contributed by atoms with Crippen LogP contribution in [0.5, 0.6) is 0 Å². The molecule has 0 spiro atoms. The summed E-state index contributed by atoms with van der Waals surface area (Å²) in [5, 5.41) is 5.51. The van der Waals surface area contributed by atoms with Gasteiger partial charge in [-0.15, -0.1) is 0 Å². The Hall–Kier alpha value is -3.15. The number of nitrogens with one attached hydrogen (secondary N) is 2. The van der Waals surface area contributed by atoms with E-state index in [9.17, 15) is 14.4 Å². The molecule has 0 aromatic heterocycles. The molecule has 2 amide bonds. The highest BCUT2D eigenvalue weighted by Crippen LogP contribution is 2.22. The summed E-state index contributed by atoms with van der Waals surface area (Å²) in [6.45, 7) is 5.54. The normalized spacial score (nSPS) is 10.9. The molecule has 0 atom stereocenters. The van der Waals surface area contributed by atoms with Crippen molar-refractivity contribution in [3.8, 4) is 0 Å². The molecule has 0 aliphatic heterocycles. The van der Waals surface area contributed by atoms with Crippen molar-refractivity contribution >= 4 is 23.5 Å². The van der Waals surface area contributed by atoms with Gasteiger partial charge in [0.05, 0.1) is 17.9 Å². The summed E-state index contributed by atoms with van der Waals surface area (Å²) in [4.78, 5) is 37.4. The molecule has 0 aliphatic carbocycles. The third kappa shape index (κ3) is 6.17. The minimum Gasteiger partial charge on any atom is -0.462 e. The minimum atomic E-state index is -1.30. The lowest BCUT2D eigenvalue weighted by atomic mass is 9.90. The van der Waals surface area contributed by atoms with Gasteiger partial charge in [0.1, 0.15) is 5.41 Å². The molecule has 6 heteroatoms. The molecular formula is C23H28N2O4. The highest BCUT2D eigenvalue weighted by Gasteiger charge is 2.36. The summed E-state index contributed by atoms with van der Waals surface area (Å²) >= 11 is 0. The third-order valence-corrected chi connectivity index (χ3v) is 4.58. The van der Waals surface area contributed by atoms with Crippen molar-refractivity contribution in [2.45, 2.75) is 33.6 Å². The zero-order chi connectivity index (χ0) is 21.3. The number of benzene rings is 2. The first kappa shape index (κ1) is 22.1. The number of carbonyl (C=O) groups is 3. The van der Waals surface area contributed by atoms with Gasteiger partial charge in [-0.3, -0.25) is 9.59 Å². The number of ether oxygens (including phenoxy) is 1. The van der Waals surface area contributed by atoms with Crippen LogP contribution in [0.15, 0.2) is 54.6 Å². The molecule has 2 aromatic rings. The number of para-hydroxylation sites is 1. The maximum absolute atomic E-state index is 12.7. The van der Waals surface area contributed by atoms with Crippen LogP contribution in [0.2, 0.25) is 0 Å². The Balaban J connectivity index is 1.93. The Morgan fingerprint density at radius 1 is 0.931 bits per heavy atom. The van der Waals surface area contributed by atoms with Crippen molar-refractivity contribution in [3.63, 3.8) is 0 Å². The average molecular weight is 396 g/mol. The molecule has 0 fully saturated rings. The highest BCUT2D eigenvalue weighted by molar-refractivity contribution is 6.11. The van der Waals surface area contributed by atoms with E-state index in [1.54, 1.807) is 45.0 Å². The quantitative estimate of drug-likeness (QED) is 0.385. The van der Waals surface area contributed by atoms with Crippen LogP contribution >= 0.6 is 0 Å². The smallest absolute Gasteiger partial charge is 0.340 e. The molecule has 154 valence electrons. The highest BCUT2D eigenvalue weighted by atomic mass is 16.5. The van der Waals surface area contributed by atoms with Gasteiger partial charge < -0.3 is 15.4 Å². The van der Waals surface area contributed by atoms with Gasteiger partial charge >= 0.3 is 5.97 Å². The van der Waals surface area contributed by atoms with Crippen LogP contribution in [0, 0.1) is 5.41 Å². The Morgan fingerprint density at radius 2 is 1.59 bits per heavy atom. The Morgan fingerprint density at radius 3 is 2.28 bits per heavy atom. The molecule has 0 radical (unpaired) electrons. The second kappa shape index (κ2) is 10.4. The summed E-state index contributed by atoms with van der Waals surface area (Å²) < 4.78 is 5.02. The first-order chi connectivity index (χ1) is 13.9. The predicted molar refractivity (Wildman–Crippen MR) is 113 cm³/mol. The fourth-order valence-corrected chi connectivity index (χ4v) is 2.72. The molecule has 2 N–H and O–H groups in total. The lowest BCUT2D eigenvalue weighted by molar-refractivity contribution is -0.138. The van der Waals surface area contributed by atoms with Crippen LogP contribution in [0.4, 0.5) is 5.69 Å². The third-order valence-electron chi connectivity index (χ3n) is 4.58. The number of anilines is 1. The van der Waals surface area contributed by atoms with Crippen molar-refractivity contribution in [1.29, 1.82) is 0 Å². The van der Waals surface area contributed by atoms with Crippen molar-refractivity contribution in [2.75, 3.05) is 18.5 Å². The summed E-state index contributed by atoms with van der Waals surface area (Å²) in [7, 11) is 0. The van der Waals surface area contributed by atoms with Gasteiger partial charge in [-0.05, 0) is 51.3 Å². The van der Waals surface area contributed by atoms with Crippen molar-refractivity contribution in [2.24, 2.45) is 5.41 Å². The SMILES string of the molecule is CCOC(=O)c1ccccc1NC(=O)C(C)(C)C(=O)NCCCc1ccccc1. The van der Waals surface area contributed by atoms with Crippen LogP contribution in [0.3, 0.4) is 0 Å². The second-order valence-electron chi connectivity index (χ2n) is 7.19. The Bertz CT molecular complexity index is 847. The van der Waals surface area contributed by atoms with E-state index in [2.05, 4.69) is 10.6 Å². The maximum Gasteiger partial charge on any atom is 0.340 e. The molecule has 29 heavy (non-hydrogen) atoms. The number of rotatable bonds is 9. The number of carbonyl (C=O) groups excluding carboxylic acids is 3. The maximum atomic E-state index is 12.7. The molecule has 0 aliphatic rings. The molecule has 6 nitrogen and oxygen atoms in total. The van der Waals surface area contributed by atoms with Crippen LogP contribution in [0.25, 0.3) is 0 Å². The molecule has 0 unspecified atom stereocenters. The zero-order valence-corrected chi connectivity index (χ0v) is 17.2. The first-order valence-corrected chi connectivity index (χ1v) is 9.76. The summed E-state index contributed by atoms with van der Waals surface area (Å²) in [6.07, 6.45) is 1.62. The number of esters is 1. The monoisotopic (exact) mass is 396 g/mol. The molecule has 0 heterocycles. The van der Waals surface area contributed by atoms with Gasteiger partial charge in [0.2, 0.25) is 11.8 Å². The van der Waals surface area contributed by atoms with E-state index < -0.39 is 17.3 Å². The van der Waals surface area contributed by atoms with Gasteiger partial charge in [-0.1, -0.05) is 42.5 Å². The standard InChI is InChI=1S/C23H28N2O4/c1-4-29-20(26)18-14-8-9-15-19(18)25-22(28)23(2,3)21(27)24-16-10-13-17-11-6-5-7-12-17/h5-9,11-12,14-15H,4,10,13,16H2,1-3H3,(H,24,27)(H,25,28). The van der Waals surface area contributed by atoms with Crippen molar-refractivity contribution in [3.05, 3.63) is 65.7 Å². The largest absolute Gasteiger partial charge is 0.462 e. The Labute approximate surface area is 171 Å². The molecule has 2 rings (SSSR count). The molecule has 0 bridgehead atoms. The minimum absolute atomic E-state index is 0.234.